The largest absolute Gasteiger partial charge is 0.366 e. The monoisotopic (exact) mass is 405 g/mol. The van der Waals surface area contributed by atoms with Crippen molar-refractivity contribution in [1.82, 2.24) is 0 Å². The molecule has 3 rings (SSSR count). The average molecular weight is 406 g/mol. The smallest absolute Gasteiger partial charge is 0.266 e. The van der Waals surface area contributed by atoms with Crippen molar-refractivity contribution in [3.63, 3.8) is 0 Å². The lowest BCUT2D eigenvalue weighted by Crippen LogP contribution is -2.48. The first-order valence-corrected chi connectivity index (χ1v) is 10.3. The van der Waals surface area contributed by atoms with Crippen LogP contribution in [0.3, 0.4) is 0 Å². The summed E-state index contributed by atoms with van der Waals surface area (Å²) in [6, 6.07) is 11.7. The number of amides is 1. The predicted molar refractivity (Wildman–Crippen MR) is 120 cm³/mol. The van der Waals surface area contributed by atoms with Gasteiger partial charge < -0.3 is 10.2 Å². The Labute approximate surface area is 178 Å². The second-order valence-corrected chi connectivity index (χ2v) is 8.56. The summed E-state index contributed by atoms with van der Waals surface area (Å²) in [6.45, 7) is 11.9. The fourth-order valence-electron chi connectivity index (χ4n) is 4.44. The van der Waals surface area contributed by atoms with E-state index in [4.69, 9.17) is 0 Å². The lowest BCUT2D eigenvalue weighted by molar-refractivity contribution is -0.112. The third-order valence-corrected chi connectivity index (χ3v) is 5.86. The van der Waals surface area contributed by atoms with E-state index in [9.17, 15) is 14.4 Å². The van der Waals surface area contributed by atoms with Gasteiger partial charge in [-0.25, -0.2) is 4.39 Å². The number of hydrogen-bond acceptors (Lipinski definition) is 3. The van der Waals surface area contributed by atoms with Gasteiger partial charge >= 0.3 is 0 Å². The third kappa shape index (κ3) is 4.23. The van der Waals surface area contributed by atoms with E-state index < -0.39 is 5.91 Å². The van der Waals surface area contributed by atoms with Crippen LogP contribution in [0.1, 0.15) is 56.7 Å². The van der Waals surface area contributed by atoms with Crippen LogP contribution in [-0.4, -0.2) is 18.0 Å². The minimum atomic E-state index is -0.509. The number of fused-ring (bicyclic) bond motifs is 1. The number of benzene rings is 2. The van der Waals surface area contributed by atoms with E-state index in [0.29, 0.717) is 11.6 Å². The Kier molecular flexibility index (Phi) is 5.98. The van der Waals surface area contributed by atoms with Crippen LogP contribution in [-0.2, 0) is 4.79 Å². The van der Waals surface area contributed by atoms with Gasteiger partial charge in [0.15, 0.2) is 0 Å². The van der Waals surface area contributed by atoms with Crippen molar-refractivity contribution in [2.45, 2.75) is 52.5 Å². The van der Waals surface area contributed by atoms with E-state index in [-0.39, 0.29) is 16.9 Å². The van der Waals surface area contributed by atoms with Crippen molar-refractivity contribution in [2.75, 3.05) is 16.8 Å². The van der Waals surface area contributed by atoms with Crippen molar-refractivity contribution in [3.8, 4) is 6.07 Å². The molecule has 0 saturated carbocycles. The summed E-state index contributed by atoms with van der Waals surface area (Å²) < 4.78 is 13.1. The molecule has 4 nitrogen and oxygen atoms in total. The third-order valence-electron chi connectivity index (χ3n) is 5.86. The number of nitriles is 1. The van der Waals surface area contributed by atoms with Gasteiger partial charge in [0.25, 0.3) is 5.91 Å². The van der Waals surface area contributed by atoms with Crippen LogP contribution in [0.5, 0.6) is 0 Å². The molecule has 0 saturated heterocycles. The van der Waals surface area contributed by atoms with Crippen LogP contribution in [0.25, 0.3) is 6.08 Å². The number of carbonyl (C=O) groups excluding carboxylic acids is 1. The van der Waals surface area contributed by atoms with Crippen LogP contribution < -0.4 is 10.2 Å². The molecule has 1 aliphatic rings. The van der Waals surface area contributed by atoms with Crippen LogP contribution in [0.15, 0.2) is 42.0 Å². The lowest BCUT2D eigenvalue weighted by Gasteiger charge is -2.47. The maximum absolute atomic E-state index is 13.1. The van der Waals surface area contributed by atoms with Gasteiger partial charge in [-0.15, -0.1) is 0 Å². The van der Waals surface area contributed by atoms with Gasteiger partial charge in [-0.1, -0.05) is 6.92 Å². The Balaban J connectivity index is 1.96. The molecule has 0 fully saturated rings. The SMILES string of the molecule is CCN1c2cc(C)c(/C=C(\C#N)C(=O)Nc3ccc(F)cc3)cc2C(C)CC1(C)C. The zero-order valence-corrected chi connectivity index (χ0v) is 18.2. The molecule has 2 aromatic rings. The molecule has 0 aliphatic carbocycles. The number of halogens is 1. The highest BCUT2D eigenvalue weighted by atomic mass is 19.1. The first-order valence-electron chi connectivity index (χ1n) is 10.3. The Morgan fingerprint density at radius 3 is 2.60 bits per heavy atom. The molecule has 0 aromatic heterocycles. The number of aryl methyl sites for hydroxylation is 1. The molecule has 1 amide bonds. The van der Waals surface area contributed by atoms with Crippen LogP contribution in [0, 0.1) is 24.1 Å². The number of nitrogens with zero attached hydrogens (tertiary/aromatic N) is 2. The summed E-state index contributed by atoms with van der Waals surface area (Å²) in [5.41, 5.74) is 4.88. The van der Waals surface area contributed by atoms with Gasteiger partial charge in [0.2, 0.25) is 0 Å². The molecule has 156 valence electrons. The molecule has 5 heteroatoms. The average Bonchev–Trinajstić information content (AvgIpc) is 2.68. The first kappa shape index (κ1) is 21.6. The Hall–Kier alpha value is -3.13. The Morgan fingerprint density at radius 1 is 1.33 bits per heavy atom. The van der Waals surface area contributed by atoms with Gasteiger partial charge in [-0.05, 0) is 99.2 Å². The number of anilines is 2. The van der Waals surface area contributed by atoms with E-state index in [1.54, 1.807) is 6.08 Å². The van der Waals surface area contributed by atoms with Crippen LogP contribution in [0.2, 0.25) is 0 Å². The molecule has 1 heterocycles. The van der Waals surface area contributed by atoms with Crippen LogP contribution >= 0.6 is 0 Å². The highest BCUT2D eigenvalue weighted by molar-refractivity contribution is 6.09. The van der Waals surface area contributed by atoms with Gasteiger partial charge in [0, 0.05) is 23.5 Å². The Bertz CT molecular complexity index is 1030. The van der Waals surface area contributed by atoms with E-state index in [1.807, 2.05) is 13.0 Å². The summed E-state index contributed by atoms with van der Waals surface area (Å²) >= 11 is 0. The predicted octanol–water partition coefficient (Wildman–Crippen LogP) is 5.79. The molecule has 1 aliphatic heterocycles. The fourth-order valence-corrected chi connectivity index (χ4v) is 4.44. The molecule has 1 unspecified atom stereocenters. The van der Waals surface area contributed by atoms with Crippen molar-refractivity contribution in [2.24, 2.45) is 0 Å². The standard InChI is InChI=1S/C25H28FN3O/c1-6-29-23-11-16(2)18(13-22(23)17(3)14-25(29,4)5)12-19(15-27)24(30)28-21-9-7-20(26)8-10-21/h7-13,17H,6,14H2,1-5H3,(H,28,30)/b19-12+. The van der Waals surface area contributed by atoms with Crippen LogP contribution in [0.4, 0.5) is 15.8 Å². The molecular weight excluding hydrogens is 377 g/mol. The number of rotatable bonds is 4. The molecule has 0 bridgehead atoms. The number of hydrogen-bond donors (Lipinski definition) is 1. The van der Waals surface area contributed by atoms with E-state index in [2.05, 4.69) is 50.0 Å². The molecule has 2 aromatic carbocycles. The van der Waals surface area contributed by atoms with Gasteiger partial charge in [0.1, 0.15) is 17.5 Å². The molecule has 1 atom stereocenters. The lowest BCUT2D eigenvalue weighted by atomic mass is 9.79. The minimum absolute atomic E-state index is 0.0125. The molecular formula is C25H28FN3O. The topological polar surface area (TPSA) is 56.1 Å². The highest BCUT2D eigenvalue weighted by Crippen LogP contribution is 2.44. The first-order chi connectivity index (χ1) is 14.2. The number of carbonyl (C=O) groups is 1. The van der Waals surface area contributed by atoms with Crippen molar-refractivity contribution < 1.29 is 9.18 Å². The molecule has 30 heavy (non-hydrogen) atoms. The maximum Gasteiger partial charge on any atom is 0.266 e. The highest BCUT2D eigenvalue weighted by Gasteiger charge is 2.35. The van der Waals surface area contributed by atoms with Crippen molar-refractivity contribution >= 4 is 23.4 Å². The van der Waals surface area contributed by atoms with Gasteiger partial charge in [0.05, 0.1) is 0 Å². The zero-order valence-electron chi connectivity index (χ0n) is 18.2. The summed E-state index contributed by atoms with van der Waals surface area (Å²) in [6.07, 6.45) is 2.67. The van der Waals surface area contributed by atoms with Gasteiger partial charge in [-0.3, -0.25) is 4.79 Å². The van der Waals surface area contributed by atoms with Gasteiger partial charge in [-0.2, -0.15) is 5.26 Å². The fraction of sp³-hybridized carbons (Fsp3) is 0.360. The normalized spacial score (nSPS) is 17.8. The summed E-state index contributed by atoms with van der Waals surface area (Å²) in [4.78, 5) is 15.0. The summed E-state index contributed by atoms with van der Waals surface area (Å²) in [7, 11) is 0. The maximum atomic E-state index is 13.1. The zero-order chi connectivity index (χ0) is 22.1. The quantitative estimate of drug-likeness (QED) is 0.517. The molecule has 1 N–H and O–H groups in total. The minimum Gasteiger partial charge on any atom is -0.366 e. The van der Waals surface area contributed by atoms with E-state index >= 15 is 0 Å². The number of nitrogens with one attached hydrogen (secondary N) is 1. The van der Waals surface area contributed by atoms with Crippen molar-refractivity contribution in [1.29, 1.82) is 5.26 Å². The second-order valence-electron chi connectivity index (χ2n) is 8.56. The summed E-state index contributed by atoms with van der Waals surface area (Å²) in [5, 5.41) is 12.2. The van der Waals surface area contributed by atoms with E-state index in [0.717, 1.165) is 24.1 Å². The second kappa shape index (κ2) is 8.31. The summed E-state index contributed by atoms with van der Waals surface area (Å²) in [5.74, 6) is -0.512. The molecule has 0 radical (unpaired) electrons. The Morgan fingerprint density at radius 2 is 2.00 bits per heavy atom. The van der Waals surface area contributed by atoms with Crippen molar-refractivity contribution in [3.05, 3.63) is 64.5 Å². The molecule has 0 spiro atoms. The van der Waals surface area contributed by atoms with E-state index in [1.165, 1.54) is 35.5 Å².